The Kier molecular flexibility index (Phi) is 10.6. The fourth-order valence-electron chi connectivity index (χ4n) is 5.04. The van der Waals surface area contributed by atoms with Gasteiger partial charge in [-0.3, -0.25) is 10.2 Å². The summed E-state index contributed by atoms with van der Waals surface area (Å²) in [6, 6.07) is 24.5. The summed E-state index contributed by atoms with van der Waals surface area (Å²) in [5, 5.41) is 12.9. The maximum absolute atomic E-state index is 14.3. The van der Waals surface area contributed by atoms with Crippen LogP contribution in [0.3, 0.4) is 0 Å². The van der Waals surface area contributed by atoms with Gasteiger partial charge in [-0.2, -0.15) is 0 Å². The molecule has 5 rings (SSSR count). The number of benzene rings is 4. The van der Waals surface area contributed by atoms with Crippen molar-refractivity contribution in [2.45, 2.75) is 31.0 Å². The van der Waals surface area contributed by atoms with Crippen molar-refractivity contribution in [3.8, 4) is 5.75 Å². The van der Waals surface area contributed by atoms with Gasteiger partial charge in [-0.05, 0) is 65.2 Å². The number of ether oxygens (including phenoxy) is 2. The highest BCUT2D eigenvalue weighted by Gasteiger charge is 2.53. The average Bonchev–Trinajstić information content (AvgIpc) is 3.44. The third-order valence-electron chi connectivity index (χ3n) is 7.34. The normalized spacial score (nSPS) is 17.0. The Morgan fingerprint density at radius 2 is 1.76 bits per heavy atom. The molecule has 4 aromatic rings. The van der Waals surface area contributed by atoms with Crippen molar-refractivity contribution in [3.63, 3.8) is 0 Å². The summed E-state index contributed by atoms with van der Waals surface area (Å²) in [5.41, 5.74) is 14.6. The molecule has 10 nitrogen and oxygen atoms in total. The molecule has 2 atom stereocenters. The standard InChI is InChI=1S/C33H29BrF2N6O4/c34-24-13-9-21(10-14-24)30-33(19-23-5-1-2-8-29(23)40-42-37,32(44)41-38-20-26-27(35)6-3-7-28(26)36)39-31(46-30)22-11-15-25(16-12-22)45-18-4-17-43/h1-3,5-16,30,38,43H,4,17-20H2,(H,41,44)/t30-,33-/m0/s1. The van der Waals surface area contributed by atoms with Gasteiger partial charge in [0.15, 0.2) is 11.6 Å². The molecule has 0 spiro atoms. The van der Waals surface area contributed by atoms with E-state index >= 15 is 0 Å². The largest absolute Gasteiger partial charge is 0.494 e. The Labute approximate surface area is 271 Å². The quantitative estimate of drug-likeness (QED) is 0.0468. The fraction of sp³-hybridized carbons (Fsp3) is 0.212. The molecule has 46 heavy (non-hydrogen) atoms. The van der Waals surface area contributed by atoms with Crippen LogP contribution in [0.15, 0.2) is 106 Å². The summed E-state index contributed by atoms with van der Waals surface area (Å²) < 4.78 is 41.6. The highest BCUT2D eigenvalue weighted by atomic mass is 79.9. The zero-order valence-electron chi connectivity index (χ0n) is 24.4. The summed E-state index contributed by atoms with van der Waals surface area (Å²) in [6.45, 7) is 0.0154. The van der Waals surface area contributed by atoms with E-state index in [2.05, 4.69) is 36.8 Å². The van der Waals surface area contributed by atoms with Crippen LogP contribution in [0.4, 0.5) is 14.5 Å². The number of aliphatic hydroxyl groups is 1. The number of carbonyl (C=O) groups excluding carboxylic acids is 1. The van der Waals surface area contributed by atoms with E-state index < -0.39 is 29.2 Å². The maximum Gasteiger partial charge on any atom is 0.266 e. The van der Waals surface area contributed by atoms with Gasteiger partial charge in [-0.1, -0.05) is 63.5 Å². The lowest BCUT2D eigenvalue weighted by molar-refractivity contribution is -0.130. The number of hydrazine groups is 1. The first-order chi connectivity index (χ1) is 22.3. The fourth-order valence-corrected chi connectivity index (χ4v) is 5.30. The number of azide groups is 1. The highest BCUT2D eigenvalue weighted by Crippen LogP contribution is 2.44. The van der Waals surface area contributed by atoms with Crippen molar-refractivity contribution in [2.75, 3.05) is 13.2 Å². The second-order valence-electron chi connectivity index (χ2n) is 10.3. The van der Waals surface area contributed by atoms with Crippen molar-refractivity contribution in [1.82, 2.24) is 10.9 Å². The summed E-state index contributed by atoms with van der Waals surface area (Å²) in [5.74, 6) is -1.42. The van der Waals surface area contributed by atoms with E-state index in [1.165, 1.54) is 6.07 Å². The van der Waals surface area contributed by atoms with E-state index in [1.807, 2.05) is 12.1 Å². The molecule has 13 heteroatoms. The first-order valence-corrected chi connectivity index (χ1v) is 15.1. The number of nitrogens with one attached hydrogen (secondary N) is 2. The summed E-state index contributed by atoms with van der Waals surface area (Å²) in [7, 11) is 0. The number of halogens is 3. The molecule has 0 saturated carbocycles. The van der Waals surface area contributed by atoms with Gasteiger partial charge in [-0.15, -0.1) is 0 Å². The topological polar surface area (TPSA) is 141 Å². The number of amides is 1. The molecule has 0 aromatic heterocycles. The Morgan fingerprint density at radius 3 is 2.46 bits per heavy atom. The molecular weight excluding hydrogens is 662 g/mol. The average molecular weight is 692 g/mol. The van der Waals surface area contributed by atoms with Gasteiger partial charge < -0.3 is 14.6 Å². The monoisotopic (exact) mass is 690 g/mol. The Hall–Kier alpha value is -4.81. The highest BCUT2D eigenvalue weighted by molar-refractivity contribution is 9.10. The molecule has 0 fully saturated rings. The molecule has 1 amide bonds. The first kappa shape index (κ1) is 32.6. The SMILES string of the molecule is [N-]=[N+]=Nc1ccccc1C[C@]1(C(=O)NNCc2c(F)cccc2F)N=C(c2ccc(OCCCO)cc2)O[C@H]1c1ccc(Br)cc1. The van der Waals surface area contributed by atoms with Crippen LogP contribution in [0.5, 0.6) is 5.75 Å². The molecule has 0 aliphatic carbocycles. The van der Waals surface area contributed by atoms with Crippen molar-refractivity contribution in [1.29, 1.82) is 0 Å². The molecule has 1 aliphatic rings. The lowest BCUT2D eigenvalue weighted by Gasteiger charge is -2.31. The summed E-state index contributed by atoms with van der Waals surface area (Å²) in [6.07, 6.45) is -0.544. The molecule has 1 aliphatic heterocycles. The minimum absolute atomic E-state index is 0.0111. The zero-order chi connectivity index (χ0) is 32.5. The zero-order valence-corrected chi connectivity index (χ0v) is 26.0. The summed E-state index contributed by atoms with van der Waals surface area (Å²) >= 11 is 3.45. The van der Waals surface area contributed by atoms with Crippen molar-refractivity contribution >= 4 is 33.4 Å². The van der Waals surface area contributed by atoms with Gasteiger partial charge in [0.25, 0.3) is 5.91 Å². The number of hydrogen-bond donors (Lipinski definition) is 3. The number of hydrogen-bond acceptors (Lipinski definition) is 7. The van der Waals surface area contributed by atoms with Gasteiger partial charge in [0, 0.05) is 52.2 Å². The van der Waals surface area contributed by atoms with Gasteiger partial charge >= 0.3 is 0 Å². The van der Waals surface area contributed by atoms with E-state index in [-0.39, 0.29) is 31.0 Å². The summed E-state index contributed by atoms with van der Waals surface area (Å²) in [4.78, 5) is 22.2. The second-order valence-corrected chi connectivity index (χ2v) is 11.3. The lowest BCUT2D eigenvalue weighted by Crippen LogP contribution is -2.53. The van der Waals surface area contributed by atoms with Crippen molar-refractivity contribution < 1.29 is 28.2 Å². The Bertz CT molecular complexity index is 1750. The molecule has 0 saturated heterocycles. The van der Waals surface area contributed by atoms with E-state index in [9.17, 15) is 19.1 Å². The minimum atomic E-state index is -1.68. The Morgan fingerprint density at radius 1 is 1.04 bits per heavy atom. The minimum Gasteiger partial charge on any atom is -0.494 e. The van der Waals surface area contributed by atoms with Crippen molar-refractivity contribution in [3.05, 3.63) is 140 Å². The van der Waals surface area contributed by atoms with Gasteiger partial charge in [0.2, 0.25) is 5.90 Å². The molecule has 4 aromatic carbocycles. The Balaban J connectivity index is 1.56. The number of carbonyl (C=O) groups is 1. The third kappa shape index (κ3) is 7.35. The van der Waals surface area contributed by atoms with Crippen LogP contribution in [-0.2, 0) is 22.5 Å². The number of aliphatic imine (C=N–C) groups is 1. The molecule has 236 valence electrons. The molecule has 0 bridgehead atoms. The molecule has 3 N–H and O–H groups in total. The number of aliphatic hydroxyl groups excluding tert-OH is 1. The predicted molar refractivity (Wildman–Crippen MR) is 171 cm³/mol. The van der Waals surface area contributed by atoms with E-state index in [1.54, 1.807) is 60.7 Å². The number of nitrogens with zero attached hydrogens (tertiary/aromatic N) is 4. The van der Waals surface area contributed by atoms with Gasteiger partial charge in [0.1, 0.15) is 17.4 Å². The van der Waals surface area contributed by atoms with Crippen LogP contribution in [0.25, 0.3) is 10.4 Å². The third-order valence-corrected chi connectivity index (χ3v) is 7.86. The maximum atomic E-state index is 14.3. The van der Waals surface area contributed by atoms with Gasteiger partial charge in [-0.25, -0.2) is 19.2 Å². The van der Waals surface area contributed by atoms with Gasteiger partial charge in [0.05, 0.1) is 6.61 Å². The smallest absolute Gasteiger partial charge is 0.266 e. The molecule has 0 unspecified atom stereocenters. The van der Waals surface area contributed by atoms with Crippen LogP contribution >= 0.6 is 15.9 Å². The molecular formula is C33H29BrF2N6O4. The van der Waals surface area contributed by atoms with E-state index in [4.69, 9.17) is 19.6 Å². The van der Waals surface area contributed by atoms with E-state index in [0.29, 0.717) is 41.2 Å². The van der Waals surface area contributed by atoms with Crippen molar-refractivity contribution in [2.24, 2.45) is 10.1 Å². The predicted octanol–water partition coefficient (Wildman–Crippen LogP) is 6.75. The van der Waals surface area contributed by atoms with Crippen LogP contribution in [0, 0.1) is 11.6 Å². The second kappa shape index (κ2) is 15.0. The number of rotatable bonds is 13. The van der Waals surface area contributed by atoms with E-state index in [0.717, 1.165) is 16.6 Å². The molecule has 1 heterocycles. The molecule has 0 radical (unpaired) electrons. The van der Waals surface area contributed by atoms with Crippen LogP contribution < -0.4 is 15.6 Å². The first-order valence-electron chi connectivity index (χ1n) is 14.3. The lowest BCUT2D eigenvalue weighted by atomic mass is 9.81. The van der Waals surface area contributed by atoms with Crippen LogP contribution in [0.1, 0.15) is 34.8 Å². The van der Waals surface area contributed by atoms with Crippen LogP contribution in [-0.4, -0.2) is 35.7 Å². The van der Waals surface area contributed by atoms with Crippen LogP contribution in [0.2, 0.25) is 0 Å².